The van der Waals surface area contributed by atoms with Crippen LogP contribution in [0.5, 0.6) is 0 Å². The molecule has 3 rings (SSSR count). The first kappa shape index (κ1) is 17.3. The van der Waals surface area contributed by atoms with Crippen LogP contribution in [0, 0.1) is 18.3 Å². The standard InChI is InChI=1S/C20H31N3O/c1-16(2)13-22-10-5-8-20(14-22)9-11-23(15-20)19(24)21-18-7-4-6-17(3)12-18/h4,6-7,12,16H,5,8-11,13-15H2,1-3H3,(H,21,24). The molecule has 1 atom stereocenters. The van der Waals surface area contributed by atoms with Gasteiger partial charge < -0.3 is 15.1 Å². The smallest absolute Gasteiger partial charge is 0.321 e. The molecule has 0 saturated carbocycles. The van der Waals surface area contributed by atoms with E-state index in [-0.39, 0.29) is 6.03 Å². The van der Waals surface area contributed by atoms with Crippen LogP contribution in [0.3, 0.4) is 0 Å². The molecule has 2 saturated heterocycles. The predicted octanol–water partition coefficient (Wildman–Crippen LogP) is 3.97. The van der Waals surface area contributed by atoms with Gasteiger partial charge >= 0.3 is 6.03 Å². The maximum Gasteiger partial charge on any atom is 0.321 e. The fourth-order valence-corrected chi connectivity index (χ4v) is 4.35. The number of anilines is 1. The molecule has 0 aliphatic carbocycles. The molecule has 2 aliphatic rings. The Balaban J connectivity index is 1.59. The van der Waals surface area contributed by atoms with E-state index in [2.05, 4.69) is 24.1 Å². The van der Waals surface area contributed by atoms with E-state index in [9.17, 15) is 4.79 Å². The summed E-state index contributed by atoms with van der Waals surface area (Å²) in [6, 6.07) is 8.07. The molecule has 1 aromatic rings. The molecule has 1 aromatic carbocycles. The van der Waals surface area contributed by atoms with Crippen molar-refractivity contribution >= 4 is 11.7 Å². The van der Waals surface area contributed by atoms with Gasteiger partial charge in [-0.3, -0.25) is 0 Å². The number of hydrogen-bond donors (Lipinski definition) is 1. The first-order chi connectivity index (χ1) is 11.5. The highest BCUT2D eigenvalue weighted by molar-refractivity contribution is 5.89. The van der Waals surface area contributed by atoms with E-state index in [0.29, 0.717) is 11.3 Å². The summed E-state index contributed by atoms with van der Waals surface area (Å²) in [6.45, 7) is 12.0. The molecule has 0 radical (unpaired) electrons. The van der Waals surface area contributed by atoms with Gasteiger partial charge in [0.05, 0.1) is 0 Å². The normalized spacial score (nSPS) is 24.8. The van der Waals surface area contributed by atoms with Gasteiger partial charge in [-0.25, -0.2) is 4.79 Å². The Morgan fingerprint density at radius 3 is 2.83 bits per heavy atom. The van der Waals surface area contributed by atoms with Crippen LogP contribution in [0.1, 0.15) is 38.7 Å². The van der Waals surface area contributed by atoms with Crippen molar-refractivity contribution in [1.29, 1.82) is 0 Å². The third-order valence-corrected chi connectivity index (χ3v) is 5.36. The van der Waals surface area contributed by atoms with Gasteiger partial charge in [0.15, 0.2) is 0 Å². The lowest BCUT2D eigenvalue weighted by molar-refractivity contribution is 0.0870. The van der Waals surface area contributed by atoms with Crippen molar-refractivity contribution in [2.45, 2.75) is 40.0 Å². The molecule has 2 amide bonds. The highest BCUT2D eigenvalue weighted by Gasteiger charge is 2.42. The molecule has 0 aromatic heterocycles. The highest BCUT2D eigenvalue weighted by atomic mass is 16.2. The van der Waals surface area contributed by atoms with Gasteiger partial charge in [0.25, 0.3) is 0 Å². The van der Waals surface area contributed by atoms with Crippen molar-refractivity contribution in [1.82, 2.24) is 9.80 Å². The second kappa shape index (κ2) is 7.14. The number of aryl methyl sites for hydroxylation is 1. The SMILES string of the molecule is Cc1cccc(NC(=O)N2CCC3(CCCN(CC(C)C)C3)C2)c1. The number of benzene rings is 1. The Labute approximate surface area is 146 Å². The lowest BCUT2D eigenvalue weighted by Gasteiger charge is -2.41. The monoisotopic (exact) mass is 329 g/mol. The Morgan fingerprint density at radius 2 is 2.08 bits per heavy atom. The Bertz CT molecular complexity index is 586. The van der Waals surface area contributed by atoms with Crippen LogP contribution in [0.4, 0.5) is 10.5 Å². The van der Waals surface area contributed by atoms with Crippen LogP contribution in [-0.2, 0) is 0 Å². The number of hydrogen-bond acceptors (Lipinski definition) is 2. The fourth-order valence-electron chi connectivity index (χ4n) is 4.35. The van der Waals surface area contributed by atoms with Gasteiger partial charge in [-0.15, -0.1) is 0 Å². The van der Waals surface area contributed by atoms with Crippen molar-refractivity contribution < 1.29 is 4.79 Å². The first-order valence-corrected chi connectivity index (χ1v) is 9.31. The van der Waals surface area contributed by atoms with Crippen LogP contribution in [0.2, 0.25) is 0 Å². The number of rotatable bonds is 3. The average Bonchev–Trinajstić information content (AvgIpc) is 2.90. The zero-order chi connectivity index (χ0) is 17.2. The predicted molar refractivity (Wildman–Crippen MR) is 99.3 cm³/mol. The summed E-state index contributed by atoms with van der Waals surface area (Å²) < 4.78 is 0. The summed E-state index contributed by atoms with van der Waals surface area (Å²) in [6.07, 6.45) is 3.67. The van der Waals surface area contributed by atoms with Crippen LogP contribution in [0.25, 0.3) is 0 Å². The van der Waals surface area contributed by atoms with Gasteiger partial charge in [-0.1, -0.05) is 26.0 Å². The van der Waals surface area contributed by atoms with Gasteiger partial charge in [0.2, 0.25) is 0 Å². The molecule has 2 fully saturated rings. The van der Waals surface area contributed by atoms with Crippen molar-refractivity contribution in [3.63, 3.8) is 0 Å². The van der Waals surface area contributed by atoms with E-state index in [0.717, 1.165) is 31.7 Å². The summed E-state index contributed by atoms with van der Waals surface area (Å²) in [7, 11) is 0. The van der Waals surface area contributed by atoms with Crippen LogP contribution in [0.15, 0.2) is 24.3 Å². The van der Waals surface area contributed by atoms with Gasteiger partial charge in [-0.05, 0) is 56.3 Å². The Kier molecular flexibility index (Phi) is 5.14. The molecule has 4 heteroatoms. The van der Waals surface area contributed by atoms with E-state index in [1.165, 1.54) is 31.5 Å². The lowest BCUT2D eigenvalue weighted by atomic mass is 9.79. The van der Waals surface area contributed by atoms with E-state index in [1.54, 1.807) is 0 Å². The van der Waals surface area contributed by atoms with E-state index >= 15 is 0 Å². The number of carbonyl (C=O) groups is 1. The quantitative estimate of drug-likeness (QED) is 0.911. The summed E-state index contributed by atoms with van der Waals surface area (Å²) in [5.41, 5.74) is 2.38. The molecule has 1 unspecified atom stereocenters. The molecule has 1 spiro atoms. The molecule has 4 nitrogen and oxygen atoms in total. The van der Waals surface area contributed by atoms with Crippen LogP contribution in [-0.4, -0.2) is 48.6 Å². The van der Waals surface area contributed by atoms with Crippen LogP contribution >= 0.6 is 0 Å². The number of amides is 2. The Morgan fingerprint density at radius 1 is 1.25 bits per heavy atom. The van der Waals surface area contributed by atoms with Gasteiger partial charge in [0, 0.05) is 37.3 Å². The summed E-state index contributed by atoms with van der Waals surface area (Å²) in [5, 5.41) is 3.06. The second-order valence-electron chi connectivity index (χ2n) is 8.20. The van der Waals surface area contributed by atoms with E-state index in [4.69, 9.17) is 0 Å². The average molecular weight is 329 g/mol. The number of nitrogens with zero attached hydrogens (tertiary/aromatic N) is 2. The summed E-state index contributed by atoms with van der Waals surface area (Å²) in [4.78, 5) is 17.2. The zero-order valence-corrected chi connectivity index (χ0v) is 15.3. The molecule has 2 aliphatic heterocycles. The highest BCUT2D eigenvalue weighted by Crippen LogP contribution is 2.39. The van der Waals surface area contributed by atoms with Crippen LogP contribution < -0.4 is 5.32 Å². The van der Waals surface area contributed by atoms with Gasteiger partial charge in [0.1, 0.15) is 0 Å². The first-order valence-electron chi connectivity index (χ1n) is 9.31. The van der Waals surface area contributed by atoms with Crippen molar-refractivity contribution in [2.75, 3.05) is 38.0 Å². The Hall–Kier alpha value is -1.55. The molecule has 2 heterocycles. The second-order valence-corrected chi connectivity index (χ2v) is 8.20. The third-order valence-electron chi connectivity index (χ3n) is 5.36. The van der Waals surface area contributed by atoms with Gasteiger partial charge in [-0.2, -0.15) is 0 Å². The lowest BCUT2D eigenvalue weighted by Crippen LogP contribution is -2.46. The summed E-state index contributed by atoms with van der Waals surface area (Å²) in [5.74, 6) is 0.710. The third kappa shape index (κ3) is 4.10. The van der Waals surface area contributed by atoms with Crippen molar-refractivity contribution in [2.24, 2.45) is 11.3 Å². The van der Waals surface area contributed by atoms with Crippen molar-refractivity contribution in [3.8, 4) is 0 Å². The number of carbonyl (C=O) groups excluding carboxylic acids is 1. The molecule has 0 bridgehead atoms. The fraction of sp³-hybridized carbons (Fsp3) is 0.650. The van der Waals surface area contributed by atoms with E-state index < -0.39 is 0 Å². The van der Waals surface area contributed by atoms with E-state index in [1.807, 2.05) is 36.1 Å². The number of piperidine rings is 1. The number of nitrogens with one attached hydrogen (secondary N) is 1. The summed E-state index contributed by atoms with van der Waals surface area (Å²) >= 11 is 0. The molecular weight excluding hydrogens is 298 g/mol. The largest absolute Gasteiger partial charge is 0.324 e. The minimum absolute atomic E-state index is 0.0541. The zero-order valence-electron chi connectivity index (χ0n) is 15.3. The molecular formula is C20H31N3O. The maximum absolute atomic E-state index is 12.6. The maximum atomic E-state index is 12.6. The molecule has 24 heavy (non-hydrogen) atoms. The topological polar surface area (TPSA) is 35.6 Å². The number of urea groups is 1. The minimum Gasteiger partial charge on any atom is -0.324 e. The number of likely N-dealkylation sites (tertiary alicyclic amines) is 2. The minimum atomic E-state index is 0.0541. The van der Waals surface area contributed by atoms with Crippen molar-refractivity contribution in [3.05, 3.63) is 29.8 Å². The molecule has 132 valence electrons. The molecule has 1 N–H and O–H groups in total.